The molecule has 2 amide bonds. The van der Waals surface area contributed by atoms with Crippen molar-refractivity contribution < 1.29 is 14.3 Å². The summed E-state index contributed by atoms with van der Waals surface area (Å²) >= 11 is 5.98. The van der Waals surface area contributed by atoms with Gasteiger partial charge >= 0.3 is 0 Å². The van der Waals surface area contributed by atoms with Crippen molar-refractivity contribution in [2.24, 2.45) is 0 Å². The minimum Gasteiger partial charge on any atom is -0.379 e. The van der Waals surface area contributed by atoms with Gasteiger partial charge in [0.15, 0.2) is 0 Å². The van der Waals surface area contributed by atoms with Gasteiger partial charge in [-0.05, 0) is 12.1 Å². The first-order chi connectivity index (χ1) is 10.6. The highest BCUT2D eigenvalue weighted by Crippen LogP contribution is 2.20. The molecule has 0 atom stereocenters. The summed E-state index contributed by atoms with van der Waals surface area (Å²) in [6, 6.07) is 6.99. The molecule has 0 spiro atoms. The van der Waals surface area contributed by atoms with Crippen molar-refractivity contribution in [1.29, 1.82) is 0 Å². The average Bonchev–Trinajstić information content (AvgIpc) is 2.50. The maximum atomic E-state index is 12.1. The van der Waals surface area contributed by atoms with Crippen molar-refractivity contribution in [3.05, 3.63) is 29.3 Å². The van der Waals surface area contributed by atoms with E-state index in [0.29, 0.717) is 30.5 Å². The largest absolute Gasteiger partial charge is 0.379 e. The Morgan fingerprint density at radius 2 is 2.00 bits per heavy atom. The van der Waals surface area contributed by atoms with Gasteiger partial charge in [-0.1, -0.05) is 23.7 Å². The van der Waals surface area contributed by atoms with Crippen LogP contribution in [0.15, 0.2) is 24.3 Å². The van der Waals surface area contributed by atoms with E-state index in [4.69, 9.17) is 16.3 Å². The van der Waals surface area contributed by atoms with E-state index in [9.17, 15) is 9.59 Å². The molecule has 6 nitrogen and oxygen atoms in total. The van der Waals surface area contributed by atoms with Gasteiger partial charge in [0.1, 0.15) is 0 Å². The van der Waals surface area contributed by atoms with E-state index in [1.165, 1.54) is 4.90 Å². The fourth-order valence-electron chi connectivity index (χ4n) is 2.13. The molecule has 1 saturated heterocycles. The fourth-order valence-corrected chi connectivity index (χ4v) is 2.31. The predicted octanol–water partition coefficient (Wildman–Crippen LogP) is 1.07. The van der Waals surface area contributed by atoms with E-state index in [2.05, 4.69) is 5.32 Å². The van der Waals surface area contributed by atoms with Crippen LogP contribution in [-0.4, -0.2) is 68.1 Å². The SMILES string of the molecule is CN(CC(=O)Nc1ccccc1Cl)C(=O)CN1CCOCC1. The Kier molecular flexibility index (Phi) is 6.18. The Hall–Kier alpha value is -1.63. The smallest absolute Gasteiger partial charge is 0.244 e. The van der Waals surface area contributed by atoms with Crippen molar-refractivity contribution in [3.63, 3.8) is 0 Å². The number of hydrogen-bond acceptors (Lipinski definition) is 4. The molecule has 1 aliphatic rings. The van der Waals surface area contributed by atoms with Gasteiger partial charge in [-0.2, -0.15) is 0 Å². The number of benzene rings is 1. The Morgan fingerprint density at radius 3 is 2.68 bits per heavy atom. The molecule has 1 heterocycles. The zero-order valence-electron chi connectivity index (χ0n) is 12.5. The van der Waals surface area contributed by atoms with Crippen molar-refractivity contribution >= 4 is 29.1 Å². The van der Waals surface area contributed by atoms with E-state index in [-0.39, 0.29) is 18.4 Å². The van der Waals surface area contributed by atoms with Crippen LogP contribution in [0, 0.1) is 0 Å². The molecule has 0 radical (unpaired) electrons. The number of halogens is 1. The lowest BCUT2D eigenvalue weighted by Gasteiger charge is -2.27. The number of ether oxygens (including phenoxy) is 1. The monoisotopic (exact) mass is 325 g/mol. The van der Waals surface area contributed by atoms with E-state index >= 15 is 0 Å². The first-order valence-corrected chi connectivity index (χ1v) is 7.52. The van der Waals surface area contributed by atoms with Crippen molar-refractivity contribution in [2.45, 2.75) is 0 Å². The van der Waals surface area contributed by atoms with Crippen molar-refractivity contribution in [3.8, 4) is 0 Å². The Bertz CT molecular complexity index is 533. The predicted molar refractivity (Wildman–Crippen MR) is 85.0 cm³/mol. The number of morpholine rings is 1. The second kappa shape index (κ2) is 8.12. The molecular weight excluding hydrogens is 306 g/mol. The number of likely N-dealkylation sites (N-methyl/N-ethyl adjacent to an activating group) is 1. The minimum absolute atomic E-state index is 0.00556. The first-order valence-electron chi connectivity index (χ1n) is 7.14. The summed E-state index contributed by atoms with van der Waals surface area (Å²) in [5.41, 5.74) is 0.545. The number of carbonyl (C=O) groups is 2. The molecule has 1 aromatic rings. The van der Waals surface area contributed by atoms with Crippen LogP contribution in [0.3, 0.4) is 0 Å². The second-order valence-corrected chi connectivity index (χ2v) is 5.57. The third kappa shape index (κ3) is 4.98. The molecule has 0 bridgehead atoms. The molecule has 22 heavy (non-hydrogen) atoms. The van der Waals surface area contributed by atoms with Crippen LogP contribution in [0.25, 0.3) is 0 Å². The Labute approximate surface area is 135 Å². The van der Waals surface area contributed by atoms with Crippen LogP contribution < -0.4 is 5.32 Å². The zero-order chi connectivity index (χ0) is 15.9. The molecule has 120 valence electrons. The molecule has 7 heteroatoms. The number of anilines is 1. The highest BCUT2D eigenvalue weighted by Gasteiger charge is 2.18. The van der Waals surface area contributed by atoms with Gasteiger partial charge < -0.3 is 15.0 Å². The fraction of sp³-hybridized carbons (Fsp3) is 0.467. The van der Waals surface area contributed by atoms with Gasteiger partial charge in [0.05, 0.1) is 37.0 Å². The van der Waals surface area contributed by atoms with E-state index in [1.807, 2.05) is 4.90 Å². The number of para-hydroxylation sites is 1. The normalized spacial score (nSPS) is 15.4. The third-order valence-electron chi connectivity index (χ3n) is 3.42. The van der Waals surface area contributed by atoms with Gasteiger partial charge in [-0.15, -0.1) is 0 Å². The van der Waals surface area contributed by atoms with Gasteiger partial charge in [-0.3, -0.25) is 14.5 Å². The molecule has 0 aliphatic carbocycles. The maximum Gasteiger partial charge on any atom is 0.244 e. The minimum atomic E-state index is -0.272. The number of nitrogens with zero attached hydrogens (tertiary/aromatic N) is 2. The van der Waals surface area contributed by atoms with Crippen LogP contribution in [0.1, 0.15) is 0 Å². The Morgan fingerprint density at radius 1 is 1.32 bits per heavy atom. The van der Waals surface area contributed by atoms with Crippen LogP contribution >= 0.6 is 11.6 Å². The maximum absolute atomic E-state index is 12.1. The lowest BCUT2D eigenvalue weighted by Crippen LogP contribution is -2.45. The molecule has 1 N–H and O–H groups in total. The topological polar surface area (TPSA) is 61.9 Å². The summed E-state index contributed by atoms with van der Waals surface area (Å²) in [5, 5.41) is 3.17. The summed E-state index contributed by atoms with van der Waals surface area (Å²) in [6.45, 7) is 3.07. The standard InChI is InChI=1S/C15H20ClN3O3/c1-18(15(21)11-19-6-8-22-9-7-19)10-14(20)17-13-5-3-2-4-12(13)16/h2-5H,6-11H2,1H3,(H,17,20). The van der Waals surface area contributed by atoms with Crippen LogP contribution in [0.5, 0.6) is 0 Å². The summed E-state index contributed by atoms with van der Waals surface area (Å²) in [5.74, 6) is -0.359. The Balaban J connectivity index is 1.80. The van der Waals surface area contributed by atoms with Gasteiger partial charge in [0.25, 0.3) is 0 Å². The molecule has 0 aromatic heterocycles. The highest BCUT2D eigenvalue weighted by atomic mass is 35.5. The highest BCUT2D eigenvalue weighted by molar-refractivity contribution is 6.33. The number of amides is 2. The van der Waals surface area contributed by atoms with E-state index < -0.39 is 0 Å². The molecule has 1 aliphatic heterocycles. The number of carbonyl (C=O) groups excluding carboxylic acids is 2. The molecular formula is C15H20ClN3O3. The van der Waals surface area contributed by atoms with Crippen LogP contribution in [-0.2, 0) is 14.3 Å². The molecule has 0 unspecified atom stereocenters. The second-order valence-electron chi connectivity index (χ2n) is 5.17. The molecule has 2 rings (SSSR count). The third-order valence-corrected chi connectivity index (χ3v) is 3.75. The van der Waals surface area contributed by atoms with Gasteiger partial charge in [-0.25, -0.2) is 0 Å². The van der Waals surface area contributed by atoms with Crippen molar-refractivity contribution in [2.75, 3.05) is 51.8 Å². The summed E-state index contributed by atoms with van der Waals surface area (Å²) < 4.78 is 5.24. The van der Waals surface area contributed by atoms with Crippen LogP contribution in [0.4, 0.5) is 5.69 Å². The molecule has 0 saturated carbocycles. The van der Waals surface area contributed by atoms with Crippen molar-refractivity contribution in [1.82, 2.24) is 9.80 Å². The zero-order valence-corrected chi connectivity index (χ0v) is 13.3. The summed E-state index contributed by atoms with van der Waals surface area (Å²) in [7, 11) is 1.62. The summed E-state index contributed by atoms with van der Waals surface area (Å²) in [4.78, 5) is 27.5. The van der Waals surface area contributed by atoms with Gasteiger partial charge in [0, 0.05) is 20.1 Å². The van der Waals surface area contributed by atoms with E-state index in [0.717, 1.165) is 13.1 Å². The van der Waals surface area contributed by atoms with E-state index in [1.54, 1.807) is 31.3 Å². The number of rotatable bonds is 5. The number of nitrogens with one attached hydrogen (secondary N) is 1. The lowest BCUT2D eigenvalue weighted by molar-refractivity contribution is -0.135. The first kappa shape index (κ1) is 16.7. The average molecular weight is 326 g/mol. The molecule has 1 aromatic carbocycles. The number of hydrogen-bond donors (Lipinski definition) is 1. The van der Waals surface area contributed by atoms with Crippen LogP contribution in [0.2, 0.25) is 5.02 Å². The lowest BCUT2D eigenvalue weighted by atomic mass is 10.3. The molecule has 1 fully saturated rings. The van der Waals surface area contributed by atoms with Gasteiger partial charge in [0.2, 0.25) is 11.8 Å². The summed E-state index contributed by atoms with van der Waals surface area (Å²) in [6.07, 6.45) is 0. The quantitative estimate of drug-likeness (QED) is 0.879.